The summed E-state index contributed by atoms with van der Waals surface area (Å²) < 4.78 is 1.13. The van der Waals surface area contributed by atoms with E-state index in [0.717, 1.165) is 51.3 Å². The number of benzene rings is 2. The minimum Gasteiger partial charge on any atom is -0.306 e. The molecule has 1 heterocycles. The Kier molecular flexibility index (Phi) is 4.80. The van der Waals surface area contributed by atoms with E-state index in [0.29, 0.717) is 0 Å². The Hall–Kier alpha value is -2.92. The number of ketones is 1. The fourth-order valence-corrected chi connectivity index (χ4v) is 3.87. The summed E-state index contributed by atoms with van der Waals surface area (Å²) in [5, 5.41) is 0.784. The maximum Gasteiger partial charge on any atom is 0.202 e. The molecule has 1 aliphatic rings. The number of nitrogens with one attached hydrogen (secondary N) is 2. The number of hydrogen-bond donors (Lipinski definition) is 2. The Morgan fingerprint density at radius 1 is 0.962 bits per heavy atom. The fourth-order valence-electron chi connectivity index (χ4n) is 3.04. The van der Waals surface area contributed by atoms with Gasteiger partial charge >= 0.3 is 0 Å². The first-order valence-electron chi connectivity index (χ1n) is 8.66. The van der Waals surface area contributed by atoms with Crippen molar-refractivity contribution in [3.8, 4) is 0 Å². The van der Waals surface area contributed by atoms with E-state index in [1.165, 1.54) is 0 Å². The molecule has 5 heteroatoms. The summed E-state index contributed by atoms with van der Waals surface area (Å²) in [4.78, 5) is 17.2. The summed E-state index contributed by atoms with van der Waals surface area (Å²) in [7, 11) is 0. The number of para-hydroxylation sites is 1. The normalized spacial score (nSPS) is 17.8. The first-order valence-corrected chi connectivity index (χ1v) is 9.48. The molecule has 1 aliphatic carbocycles. The van der Waals surface area contributed by atoms with E-state index in [2.05, 4.69) is 15.8 Å². The molecule has 4 rings (SSSR count). The van der Waals surface area contributed by atoms with Crippen LogP contribution >= 0.6 is 11.3 Å². The molecule has 0 amide bonds. The number of rotatable bonds is 4. The van der Waals surface area contributed by atoms with Crippen LogP contribution < -0.4 is 10.9 Å². The first-order chi connectivity index (χ1) is 12.8. The van der Waals surface area contributed by atoms with Gasteiger partial charge in [-0.1, -0.05) is 53.8 Å². The molecule has 3 aromatic rings. The lowest BCUT2D eigenvalue weighted by Gasteiger charge is -2.16. The van der Waals surface area contributed by atoms with Crippen LogP contribution in [0.15, 0.2) is 71.9 Å². The molecule has 130 valence electrons. The number of allylic oxidation sites excluding steroid dienone is 2. The van der Waals surface area contributed by atoms with Crippen LogP contribution in [0, 0.1) is 0 Å². The number of carbonyl (C=O) groups excluding carboxylic acids is 1. The highest BCUT2D eigenvalue weighted by atomic mass is 32.1. The van der Waals surface area contributed by atoms with Gasteiger partial charge in [-0.3, -0.25) is 10.2 Å². The van der Waals surface area contributed by atoms with Gasteiger partial charge in [-0.25, -0.2) is 4.98 Å². The zero-order chi connectivity index (χ0) is 17.8. The molecular weight excluding hydrogens is 342 g/mol. The van der Waals surface area contributed by atoms with Crippen LogP contribution in [0.3, 0.4) is 0 Å². The van der Waals surface area contributed by atoms with E-state index in [1.54, 1.807) is 17.5 Å². The molecule has 0 unspecified atom stereocenters. The monoisotopic (exact) mass is 361 g/mol. The molecule has 0 radical (unpaired) electrons. The van der Waals surface area contributed by atoms with E-state index < -0.39 is 0 Å². The smallest absolute Gasteiger partial charge is 0.202 e. The largest absolute Gasteiger partial charge is 0.306 e. The van der Waals surface area contributed by atoms with Crippen molar-refractivity contribution in [1.29, 1.82) is 0 Å². The lowest BCUT2D eigenvalue weighted by Crippen LogP contribution is -2.19. The second-order valence-corrected chi connectivity index (χ2v) is 7.22. The van der Waals surface area contributed by atoms with Gasteiger partial charge in [0.15, 0.2) is 5.78 Å². The number of aromatic nitrogens is 1. The van der Waals surface area contributed by atoms with Crippen LogP contribution in [-0.2, 0) is 4.79 Å². The molecule has 0 spiro atoms. The summed E-state index contributed by atoms with van der Waals surface area (Å²) in [6, 6.07) is 18.0. The average molecular weight is 361 g/mol. The minimum absolute atomic E-state index is 0.124. The SMILES string of the molecule is O=C1C(=Cc2ccccc2)CCC/C1=C\NNc1nc2ccccc2s1. The Labute approximate surface area is 156 Å². The summed E-state index contributed by atoms with van der Waals surface area (Å²) in [6.07, 6.45) is 6.37. The number of anilines is 1. The highest BCUT2D eigenvalue weighted by molar-refractivity contribution is 7.22. The first kappa shape index (κ1) is 16.5. The van der Waals surface area contributed by atoms with Crippen LogP contribution in [0.1, 0.15) is 24.8 Å². The number of hydrogen-bond acceptors (Lipinski definition) is 5. The molecule has 26 heavy (non-hydrogen) atoms. The van der Waals surface area contributed by atoms with Crippen molar-refractivity contribution in [3.05, 3.63) is 77.5 Å². The number of fused-ring (bicyclic) bond motifs is 1. The van der Waals surface area contributed by atoms with Crippen molar-refractivity contribution in [2.75, 3.05) is 5.43 Å². The molecule has 1 aromatic heterocycles. The molecule has 1 saturated carbocycles. The quantitative estimate of drug-likeness (QED) is 0.511. The van der Waals surface area contributed by atoms with Crippen LogP contribution in [0.4, 0.5) is 5.13 Å². The van der Waals surface area contributed by atoms with Gasteiger partial charge < -0.3 is 5.43 Å². The summed E-state index contributed by atoms with van der Waals surface area (Å²) in [6.45, 7) is 0. The zero-order valence-corrected chi connectivity index (χ0v) is 15.1. The van der Waals surface area contributed by atoms with Crippen LogP contribution in [0.5, 0.6) is 0 Å². The number of nitrogens with zero attached hydrogens (tertiary/aromatic N) is 1. The maximum absolute atomic E-state index is 12.7. The number of carbonyl (C=O) groups is 1. The average Bonchev–Trinajstić information content (AvgIpc) is 3.08. The molecule has 2 N–H and O–H groups in total. The van der Waals surface area contributed by atoms with E-state index in [9.17, 15) is 4.79 Å². The van der Waals surface area contributed by atoms with Crippen molar-refractivity contribution >= 4 is 38.5 Å². The molecule has 0 bridgehead atoms. The summed E-state index contributed by atoms with van der Waals surface area (Å²) in [5.74, 6) is 0.124. The Morgan fingerprint density at radius 2 is 1.73 bits per heavy atom. The van der Waals surface area contributed by atoms with E-state index in [-0.39, 0.29) is 5.78 Å². The third-order valence-electron chi connectivity index (χ3n) is 4.34. The molecular formula is C21H19N3OS. The van der Waals surface area contributed by atoms with Gasteiger partial charge in [0.1, 0.15) is 0 Å². The molecule has 0 aliphatic heterocycles. The molecule has 0 atom stereocenters. The zero-order valence-electron chi connectivity index (χ0n) is 14.2. The van der Waals surface area contributed by atoms with Crippen LogP contribution in [0.25, 0.3) is 16.3 Å². The maximum atomic E-state index is 12.7. The topological polar surface area (TPSA) is 54.0 Å². The van der Waals surface area contributed by atoms with Gasteiger partial charge in [0.2, 0.25) is 5.13 Å². The number of Topliss-reactive ketones (excluding diaryl/α,β-unsaturated/α-hetero) is 1. The van der Waals surface area contributed by atoms with Gasteiger partial charge in [-0.15, -0.1) is 0 Å². The highest BCUT2D eigenvalue weighted by Crippen LogP contribution is 2.27. The molecule has 1 fully saturated rings. The van der Waals surface area contributed by atoms with E-state index in [4.69, 9.17) is 0 Å². The van der Waals surface area contributed by atoms with Crippen molar-refractivity contribution < 1.29 is 4.79 Å². The van der Waals surface area contributed by atoms with Crippen molar-refractivity contribution in [1.82, 2.24) is 10.4 Å². The standard InChI is InChI=1S/C21H19N3OS/c25-20-16(13-15-7-2-1-3-8-15)9-6-10-17(20)14-22-24-21-23-18-11-4-5-12-19(18)26-21/h1-5,7-8,11-14,22H,6,9-10H2,(H,23,24)/b16-13?,17-14+. The predicted molar refractivity (Wildman–Crippen MR) is 108 cm³/mol. The lowest BCUT2D eigenvalue weighted by atomic mass is 9.88. The number of thiazole rings is 1. The second kappa shape index (κ2) is 7.54. The highest BCUT2D eigenvalue weighted by Gasteiger charge is 2.20. The van der Waals surface area contributed by atoms with Crippen molar-refractivity contribution in [3.63, 3.8) is 0 Å². The predicted octanol–water partition coefficient (Wildman–Crippen LogP) is 4.93. The molecule has 2 aromatic carbocycles. The van der Waals surface area contributed by atoms with E-state index >= 15 is 0 Å². The third kappa shape index (κ3) is 3.68. The van der Waals surface area contributed by atoms with E-state index in [1.807, 2.05) is 60.7 Å². The number of hydrazine groups is 1. The summed E-state index contributed by atoms with van der Waals surface area (Å²) in [5.41, 5.74) is 9.82. The summed E-state index contributed by atoms with van der Waals surface area (Å²) >= 11 is 1.58. The van der Waals surface area contributed by atoms with Gasteiger partial charge in [-0.05, 0) is 43.0 Å². The second-order valence-electron chi connectivity index (χ2n) is 6.19. The van der Waals surface area contributed by atoms with Crippen LogP contribution in [-0.4, -0.2) is 10.8 Å². The van der Waals surface area contributed by atoms with Crippen molar-refractivity contribution in [2.24, 2.45) is 0 Å². The van der Waals surface area contributed by atoms with Gasteiger partial charge in [0.05, 0.1) is 10.2 Å². The molecule has 4 nitrogen and oxygen atoms in total. The Balaban J connectivity index is 1.44. The van der Waals surface area contributed by atoms with Crippen molar-refractivity contribution in [2.45, 2.75) is 19.3 Å². The van der Waals surface area contributed by atoms with Gasteiger partial charge in [0.25, 0.3) is 0 Å². The van der Waals surface area contributed by atoms with Gasteiger partial charge in [-0.2, -0.15) is 0 Å². The lowest BCUT2D eigenvalue weighted by molar-refractivity contribution is -0.112. The Morgan fingerprint density at radius 3 is 2.58 bits per heavy atom. The minimum atomic E-state index is 0.124. The fraction of sp³-hybridized carbons (Fsp3) is 0.143. The van der Waals surface area contributed by atoms with Crippen LogP contribution in [0.2, 0.25) is 0 Å². The third-order valence-corrected chi connectivity index (χ3v) is 5.29. The Bertz CT molecular complexity index is 956. The molecule has 0 saturated heterocycles. The van der Waals surface area contributed by atoms with Gasteiger partial charge in [0, 0.05) is 17.3 Å².